The van der Waals surface area contributed by atoms with Gasteiger partial charge >= 0.3 is 0 Å². The molecule has 28 heavy (non-hydrogen) atoms. The van der Waals surface area contributed by atoms with E-state index in [0.717, 1.165) is 11.1 Å². The van der Waals surface area contributed by atoms with E-state index in [1.165, 1.54) is 7.11 Å². The van der Waals surface area contributed by atoms with Gasteiger partial charge in [-0.2, -0.15) is 0 Å². The zero-order chi connectivity index (χ0) is 20.1. The Morgan fingerprint density at radius 2 is 1.79 bits per heavy atom. The third-order valence-corrected chi connectivity index (χ3v) is 4.23. The number of ether oxygens (including phenoxy) is 1. The molecule has 0 aliphatic carbocycles. The fraction of sp³-hybridized carbons (Fsp3) is 0.227. The number of nitrogens with one attached hydrogen (secondary N) is 2. The summed E-state index contributed by atoms with van der Waals surface area (Å²) in [5.41, 5.74) is 2.46. The molecular formula is C22H23N3O3. The van der Waals surface area contributed by atoms with E-state index in [4.69, 9.17) is 4.74 Å². The van der Waals surface area contributed by atoms with Crippen molar-refractivity contribution in [2.45, 2.75) is 20.3 Å². The highest BCUT2D eigenvalue weighted by molar-refractivity contribution is 6.06. The maximum absolute atomic E-state index is 12.9. The first-order valence-corrected chi connectivity index (χ1v) is 9.12. The van der Waals surface area contributed by atoms with Crippen molar-refractivity contribution in [1.29, 1.82) is 0 Å². The second-order valence-electron chi connectivity index (χ2n) is 6.86. The van der Waals surface area contributed by atoms with Gasteiger partial charge in [0.1, 0.15) is 5.69 Å². The molecule has 0 saturated carbocycles. The molecule has 0 fully saturated rings. The molecule has 0 aliphatic rings. The van der Waals surface area contributed by atoms with Gasteiger partial charge in [-0.05, 0) is 24.0 Å². The second kappa shape index (κ2) is 8.52. The largest absolute Gasteiger partial charge is 0.479 e. The predicted molar refractivity (Wildman–Crippen MR) is 110 cm³/mol. The first kappa shape index (κ1) is 19.4. The fourth-order valence-corrected chi connectivity index (χ4v) is 2.94. The molecule has 2 aromatic carbocycles. The summed E-state index contributed by atoms with van der Waals surface area (Å²) < 4.78 is 5.25. The van der Waals surface area contributed by atoms with Gasteiger partial charge < -0.3 is 15.0 Å². The van der Waals surface area contributed by atoms with Gasteiger partial charge in [-0.3, -0.25) is 9.59 Å². The summed E-state index contributed by atoms with van der Waals surface area (Å²) in [4.78, 5) is 32.1. The van der Waals surface area contributed by atoms with Crippen LogP contribution in [0.25, 0.3) is 11.1 Å². The van der Waals surface area contributed by atoms with Gasteiger partial charge in [0.25, 0.3) is 11.5 Å². The second-order valence-corrected chi connectivity index (χ2v) is 6.86. The van der Waals surface area contributed by atoms with E-state index in [2.05, 4.69) is 15.3 Å². The van der Waals surface area contributed by atoms with Crippen LogP contribution in [0, 0.1) is 5.92 Å². The number of aromatic amines is 1. The lowest BCUT2D eigenvalue weighted by Crippen LogP contribution is -2.25. The molecule has 0 aliphatic heterocycles. The summed E-state index contributed by atoms with van der Waals surface area (Å²) in [7, 11) is 1.43. The number of hydrogen-bond donors (Lipinski definition) is 2. The number of H-pyrrole nitrogens is 1. The van der Waals surface area contributed by atoms with Crippen LogP contribution in [0.5, 0.6) is 5.88 Å². The molecule has 1 heterocycles. The fourth-order valence-electron chi connectivity index (χ4n) is 2.94. The Balaban J connectivity index is 1.95. The average molecular weight is 377 g/mol. The third-order valence-electron chi connectivity index (χ3n) is 4.23. The molecule has 0 spiro atoms. The van der Waals surface area contributed by atoms with Crippen LogP contribution in [0.1, 0.15) is 30.0 Å². The van der Waals surface area contributed by atoms with Crippen LogP contribution in [0.15, 0.2) is 59.4 Å². The quantitative estimate of drug-likeness (QED) is 0.682. The van der Waals surface area contributed by atoms with Gasteiger partial charge in [0.05, 0.1) is 7.11 Å². The molecule has 0 bridgehead atoms. The normalized spacial score (nSPS) is 10.7. The number of methoxy groups -OCH3 is 1. The highest BCUT2D eigenvalue weighted by Crippen LogP contribution is 2.28. The first-order chi connectivity index (χ1) is 13.5. The molecule has 6 nitrogen and oxygen atoms in total. The highest BCUT2D eigenvalue weighted by atomic mass is 16.5. The maximum atomic E-state index is 12.9. The number of rotatable bonds is 6. The third kappa shape index (κ3) is 4.28. The Morgan fingerprint density at radius 1 is 1.11 bits per heavy atom. The number of aromatic nitrogens is 2. The molecule has 3 rings (SSSR count). The van der Waals surface area contributed by atoms with Crippen LogP contribution < -0.4 is 15.6 Å². The standard InChI is InChI=1S/C22H23N3O3/c1-14(2)13-18-20(26)25-19(22(24-18)28-3)21(27)23-17-12-8-7-11-16(17)15-9-5-4-6-10-15/h4-12,14H,13H2,1-3H3,(H,23,27)(H,25,26). The molecule has 1 aromatic heterocycles. The zero-order valence-electron chi connectivity index (χ0n) is 16.2. The molecular weight excluding hydrogens is 354 g/mol. The lowest BCUT2D eigenvalue weighted by atomic mass is 10.0. The Kier molecular flexibility index (Phi) is 5.89. The summed E-state index contributed by atoms with van der Waals surface area (Å²) in [6.07, 6.45) is 0.504. The van der Waals surface area contributed by atoms with Crippen molar-refractivity contribution in [3.05, 3.63) is 76.3 Å². The number of benzene rings is 2. The summed E-state index contributed by atoms with van der Waals surface area (Å²) >= 11 is 0. The Hall–Kier alpha value is -3.41. The van der Waals surface area contributed by atoms with E-state index < -0.39 is 5.91 Å². The molecule has 0 saturated heterocycles. The molecule has 1 amide bonds. The molecule has 0 atom stereocenters. The Bertz CT molecular complexity index is 1030. The minimum absolute atomic E-state index is 0.00266. The van der Waals surface area contributed by atoms with Gasteiger partial charge in [-0.1, -0.05) is 62.4 Å². The first-order valence-electron chi connectivity index (χ1n) is 9.12. The van der Waals surface area contributed by atoms with E-state index in [1.54, 1.807) is 0 Å². The number of nitrogens with zero attached hydrogens (tertiary/aromatic N) is 1. The van der Waals surface area contributed by atoms with Gasteiger partial charge in [-0.25, -0.2) is 4.98 Å². The lowest BCUT2D eigenvalue weighted by molar-refractivity contribution is 0.101. The van der Waals surface area contributed by atoms with Gasteiger partial charge in [0, 0.05) is 11.3 Å². The van der Waals surface area contributed by atoms with E-state index in [1.807, 2.05) is 68.4 Å². The monoisotopic (exact) mass is 377 g/mol. The number of para-hydroxylation sites is 1. The molecule has 2 N–H and O–H groups in total. The molecule has 0 unspecified atom stereocenters. The van der Waals surface area contributed by atoms with Gasteiger partial charge in [0.15, 0.2) is 5.69 Å². The van der Waals surface area contributed by atoms with Crippen molar-refractivity contribution < 1.29 is 9.53 Å². The van der Waals surface area contributed by atoms with Crippen molar-refractivity contribution in [2.75, 3.05) is 12.4 Å². The number of anilines is 1. The van der Waals surface area contributed by atoms with Crippen LogP contribution >= 0.6 is 0 Å². The predicted octanol–water partition coefficient (Wildman–Crippen LogP) is 3.90. The van der Waals surface area contributed by atoms with Crippen molar-refractivity contribution >= 4 is 11.6 Å². The van der Waals surface area contributed by atoms with Gasteiger partial charge in [0.2, 0.25) is 5.88 Å². The molecule has 0 radical (unpaired) electrons. The SMILES string of the molecule is COc1nc(CC(C)C)c(=O)[nH]c1C(=O)Nc1ccccc1-c1ccccc1. The van der Waals surface area contributed by atoms with Gasteiger partial charge in [-0.15, -0.1) is 0 Å². The Morgan fingerprint density at radius 3 is 2.46 bits per heavy atom. The van der Waals surface area contributed by atoms with Crippen LogP contribution in [0.3, 0.4) is 0 Å². The lowest BCUT2D eigenvalue weighted by Gasteiger charge is -2.13. The number of hydrogen-bond acceptors (Lipinski definition) is 4. The van der Waals surface area contributed by atoms with E-state index in [0.29, 0.717) is 17.8 Å². The summed E-state index contributed by atoms with van der Waals surface area (Å²) in [5.74, 6) is -0.124. The van der Waals surface area contributed by atoms with Crippen LogP contribution in [-0.4, -0.2) is 23.0 Å². The number of carbonyl (C=O) groups is 1. The number of carbonyl (C=O) groups excluding carboxylic acids is 1. The van der Waals surface area contributed by atoms with Crippen molar-refractivity contribution in [2.24, 2.45) is 5.92 Å². The number of amides is 1. The van der Waals surface area contributed by atoms with E-state index in [9.17, 15) is 9.59 Å². The maximum Gasteiger partial charge on any atom is 0.277 e. The highest BCUT2D eigenvalue weighted by Gasteiger charge is 2.19. The minimum Gasteiger partial charge on any atom is -0.479 e. The summed E-state index contributed by atoms with van der Waals surface area (Å²) in [6, 6.07) is 17.2. The van der Waals surface area contributed by atoms with Crippen LogP contribution in [0.4, 0.5) is 5.69 Å². The van der Waals surface area contributed by atoms with E-state index in [-0.39, 0.29) is 23.1 Å². The average Bonchev–Trinajstić information content (AvgIpc) is 2.70. The van der Waals surface area contributed by atoms with Crippen molar-refractivity contribution in [1.82, 2.24) is 9.97 Å². The molecule has 3 aromatic rings. The summed E-state index contributed by atoms with van der Waals surface area (Å²) in [5, 5.41) is 2.86. The smallest absolute Gasteiger partial charge is 0.277 e. The van der Waals surface area contributed by atoms with Crippen molar-refractivity contribution in [3.63, 3.8) is 0 Å². The summed E-state index contributed by atoms with van der Waals surface area (Å²) in [6.45, 7) is 3.99. The minimum atomic E-state index is -0.485. The molecule has 6 heteroatoms. The van der Waals surface area contributed by atoms with Crippen molar-refractivity contribution in [3.8, 4) is 17.0 Å². The van der Waals surface area contributed by atoms with Crippen LogP contribution in [0.2, 0.25) is 0 Å². The topological polar surface area (TPSA) is 84.1 Å². The van der Waals surface area contributed by atoms with E-state index >= 15 is 0 Å². The Labute approximate surface area is 163 Å². The molecule has 144 valence electrons. The zero-order valence-corrected chi connectivity index (χ0v) is 16.2. The van der Waals surface area contributed by atoms with Crippen LogP contribution in [-0.2, 0) is 6.42 Å².